The van der Waals surface area contributed by atoms with Gasteiger partial charge in [0.25, 0.3) is 0 Å². The molecule has 18 heavy (non-hydrogen) atoms. The van der Waals surface area contributed by atoms with Crippen molar-refractivity contribution in [2.75, 3.05) is 6.54 Å². The molecule has 7 heteroatoms. The van der Waals surface area contributed by atoms with Crippen molar-refractivity contribution >= 4 is 11.9 Å². The molecule has 2 atom stereocenters. The molecule has 0 heterocycles. The maximum atomic E-state index is 10.1. The predicted octanol–water partition coefficient (Wildman–Crippen LogP) is -0.274. The lowest BCUT2D eigenvalue weighted by Gasteiger charge is -2.03. The molecule has 0 aromatic rings. The molecule has 0 aromatic carbocycles. The second-order valence-corrected chi connectivity index (χ2v) is 3.96. The molecule has 0 aliphatic carbocycles. The number of hydrogen-bond donors (Lipinski definition) is 5. The van der Waals surface area contributed by atoms with Crippen molar-refractivity contribution < 1.29 is 19.8 Å². The van der Waals surface area contributed by atoms with Crippen molar-refractivity contribution in [2.24, 2.45) is 17.2 Å². The van der Waals surface area contributed by atoms with E-state index in [9.17, 15) is 9.59 Å². The van der Waals surface area contributed by atoms with E-state index >= 15 is 0 Å². The second-order valence-electron chi connectivity index (χ2n) is 3.96. The lowest BCUT2D eigenvalue weighted by molar-refractivity contribution is -0.139. The normalized spacial score (nSPS) is 13.1. The molecule has 2 unspecified atom stereocenters. The fraction of sp³-hybridized carbons (Fsp3) is 0.818. The smallest absolute Gasteiger partial charge is 0.320 e. The SMILES string of the molecule is CCCC(N)C(=O)O.NCCCCC(N)C(=O)O. The average Bonchev–Trinajstić information content (AvgIpc) is 2.30. The number of nitrogens with two attached hydrogens (primary N) is 3. The molecule has 0 aliphatic rings. The van der Waals surface area contributed by atoms with Crippen LogP contribution in [0.3, 0.4) is 0 Å². The van der Waals surface area contributed by atoms with Gasteiger partial charge in [-0.2, -0.15) is 0 Å². The van der Waals surface area contributed by atoms with E-state index in [1.807, 2.05) is 6.92 Å². The molecular weight excluding hydrogens is 238 g/mol. The summed E-state index contributed by atoms with van der Waals surface area (Å²) >= 11 is 0. The summed E-state index contributed by atoms with van der Waals surface area (Å²) in [7, 11) is 0. The van der Waals surface area contributed by atoms with Crippen LogP contribution in [0.5, 0.6) is 0 Å². The summed E-state index contributed by atoms with van der Waals surface area (Å²) in [6, 6.07) is -1.38. The molecule has 0 spiro atoms. The Morgan fingerprint density at radius 1 is 1.00 bits per heavy atom. The predicted molar refractivity (Wildman–Crippen MR) is 69.0 cm³/mol. The Kier molecular flexibility index (Phi) is 13.1. The zero-order chi connectivity index (χ0) is 14.6. The number of aliphatic carboxylic acids is 2. The number of hydrogen-bond acceptors (Lipinski definition) is 5. The van der Waals surface area contributed by atoms with Gasteiger partial charge >= 0.3 is 11.9 Å². The van der Waals surface area contributed by atoms with Crippen LogP contribution in [0.2, 0.25) is 0 Å². The first kappa shape index (κ1) is 19.2. The minimum absolute atomic E-state index is 0.520. The lowest BCUT2D eigenvalue weighted by atomic mass is 10.1. The Morgan fingerprint density at radius 3 is 1.72 bits per heavy atom. The second kappa shape index (κ2) is 12.3. The van der Waals surface area contributed by atoms with Crippen LogP contribution in [0.1, 0.15) is 39.0 Å². The number of carbonyl (C=O) groups is 2. The van der Waals surface area contributed by atoms with E-state index in [2.05, 4.69) is 0 Å². The standard InChI is InChI=1S/C6H14N2O2.C5H11NO2/c7-4-2-1-3-5(8)6(9)10;1-2-3-4(6)5(7)8/h5H,1-4,7-8H2,(H,9,10);4H,2-3,6H2,1H3,(H,7,8). The summed E-state index contributed by atoms with van der Waals surface area (Å²) in [6.07, 6.45) is 3.56. The molecule has 0 aliphatic heterocycles. The highest BCUT2D eigenvalue weighted by atomic mass is 16.4. The van der Waals surface area contributed by atoms with Crippen molar-refractivity contribution in [3.8, 4) is 0 Å². The van der Waals surface area contributed by atoms with Crippen LogP contribution in [0, 0.1) is 0 Å². The third kappa shape index (κ3) is 12.9. The van der Waals surface area contributed by atoms with Crippen molar-refractivity contribution in [3.05, 3.63) is 0 Å². The summed E-state index contributed by atoms with van der Waals surface area (Å²) in [5.74, 6) is -1.84. The van der Waals surface area contributed by atoms with Crippen LogP contribution in [-0.4, -0.2) is 40.8 Å². The largest absolute Gasteiger partial charge is 0.480 e. The average molecular weight is 263 g/mol. The summed E-state index contributed by atoms with van der Waals surface area (Å²) < 4.78 is 0. The first-order chi connectivity index (χ1) is 8.36. The van der Waals surface area contributed by atoms with Gasteiger partial charge in [0.15, 0.2) is 0 Å². The van der Waals surface area contributed by atoms with Crippen molar-refractivity contribution in [2.45, 2.75) is 51.1 Å². The lowest BCUT2D eigenvalue weighted by Crippen LogP contribution is -2.29. The van der Waals surface area contributed by atoms with Crippen LogP contribution in [-0.2, 0) is 9.59 Å². The Labute approximate surface area is 107 Å². The van der Waals surface area contributed by atoms with E-state index in [-0.39, 0.29) is 0 Å². The zero-order valence-electron chi connectivity index (χ0n) is 10.8. The molecule has 0 saturated carbocycles. The summed E-state index contributed by atoms with van der Waals surface area (Å²) in [4.78, 5) is 20.1. The third-order valence-corrected chi connectivity index (χ3v) is 2.20. The Hall–Kier alpha value is -1.18. The molecule has 0 rings (SSSR count). The van der Waals surface area contributed by atoms with Crippen molar-refractivity contribution in [1.29, 1.82) is 0 Å². The van der Waals surface area contributed by atoms with Crippen molar-refractivity contribution in [3.63, 3.8) is 0 Å². The molecule has 0 fully saturated rings. The zero-order valence-corrected chi connectivity index (χ0v) is 10.8. The molecule has 0 bridgehead atoms. The Balaban J connectivity index is 0. The monoisotopic (exact) mass is 263 g/mol. The Morgan fingerprint density at radius 2 is 1.44 bits per heavy atom. The van der Waals surface area contributed by atoms with Crippen molar-refractivity contribution in [1.82, 2.24) is 0 Å². The third-order valence-electron chi connectivity index (χ3n) is 2.20. The van der Waals surface area contributed by atoms with Gasteiger partial charge in [0, 0.05) is 0 Å². The summed E-state index contributed by atoms with van der Waals surface area (Å²) in [5.41, 5.74) is 15.5. The highest BCUT2D eigenvalue weighted by Gasteiger charge is 2.09. The molecule has 7 nitrogen and oxygen atoms in total. The molecule has 0 saturated heterocycles. The van der Waals surface area contributed by atoms with Gasteiger partial charge in [-0.1, -0.05) is 19.8 Å². The van der Waals surface area contributed by atoms with E-state index in [1.54, 1.807) is 0 Å². The number of carboxylic acid groups (broad SMARTS) is 2. The van der Waals surface area contributed by atoms with Gasteiger partial charge < -0.3 is 27.4 Å². The minimum Gasteiger partial charge on any atom is -0.480 e. The van der Waals surface area contributed by atoms with E-state index in [4.69, 9.17) is 27.4 Å². The summed E-state index contributed by atoms with van der Waals surface area (Å²) in [6.45, 7) is 2.51. The maximum absolute atomic E-state index is 10.1. The van der Waals surface area contributed by atoms with E-state index in [1.165, 1.54) is 0 Å². The number of rotatable bonds is 8. The fourth-order valence-corrected chi connectivity index (χ4v) is 1.07. The van der Waals surface area contributed by atoms with Crippen LogP contribution in [0.4, 0.5) is 0 Å². The number of unbranched alkanes of at least 4 members (excludes halogenated alkanes) is 1. The quantitative estimate of drug-likeness (QED) is 0.377. The van der Waals surface area contributed by atoms with Crippen LogP contribution in [0.15, 0.2) is 0 Å². The molecular formula is C11H25N3O4. The minimum atomic E-state index is -0.933. The molecule has 8 N–H and O–H groups in total. The fourth-order valence-electron chi connectivity index (χ4n) is 1.07. The van der Waals surface area contributed by atoms with Gasteiger partial charge in [-0.05, 0) is 25.8 Å². The summed E-state index contributed by atoms with van der Waals surface area (Å²) in [5, 5.41) is 16.5. The Bertz CT molecular complexity index is 236. The number of carboxylic acids is 2. The highest BCUT2D eigenvalue weighted by Crippen LogP contribution is 1.97. The van der Waals surface area contributed by atoms with Gasteiger partial charge in [0.2, 0.25) is 0 Å². The van der Waals surface area contributed by atoms with E-state index in [0.717, 1.165) is 19.3 Å². The van der Waals surface area contributed by atoms with Crippen LogP contribution >= 0.6 is 0 Å². The van der Waals surface area contributed by atoms with E-state index in [0.29, 0.717) is 19.4 Å². The highest BCUT2D eigenvalue weighted by molar-refractivity contribution is 5.73. The van der Waals surface area contributed by atoms with Crippen LogP contribution < -0.4 is 17.2 Å². The van der Waals surface area contributed by atoms with E-state index < -0.39 is 24.0 Å². The van der Waals surface area contributed by atoms with Gasteiger partial charge in [0.1, 0.15) is 12.1 Å². The molecule has 0 amide bonds. The topological polar surface area (TPSA) is 153 Å². The molecule has 108 valence electrons. The first-order valence-corrected chi connectivity index (χ1v) is 6.03. The first-order valence-electron chi connectivity index (χ1n) is 6.03. The maximum Gasteiger partial charge on any atom is 0.320 e. The van der Waals surface area contributed by atoms with Gasteiger partial charge in [-0.15, -0.1) is 0 Å². The van der Waals surface area contributed by atoms with Gasteiger partial charge in [-0.3, -0.25) is 9.59 Å². The molecule has 0 radical (unpaired) electrons. The van der Waals surface area contributed by atoms with Crippen LogP contribution in [0.25, 0.3) is 0 Å². The molecule has 0 aromatic heterocycles. The van der Waals surface area contributed by atoms with Gasteiger partial charge in [0.05, 0.1) is 0 Å². The van der Waals surface area contributed by atoms with Gasteiger partial charge in [-0.25, -0.2) is 0 Å².